The molecule has 2 nitrogen and oxygen atoms in total. The van der Waals surface area contributed by atoms with Gasteiger partial charge in [0.1, 0.15) is 5.75 Å². The smallest absolute Gasteiger partial charge is 0.120 e. The molecule has 2 aromatic rings. The summed E-state index contributed by atoms with van der Waals surface area (Å²) in [4.78, 5) is 3.99. The SMILES string of the molecule is Cc1ccsc1C1CCCCCN1Cc1cc(Cl)ccc1O. The highest BCUT2D eigenvalue weighted by molar-refractivity contribution is 7.10. The van der Waals surface area contributed by atoms with E-state index in [-0.39, 0.29) is 0 Å². The van der Waals surface area contributed by atoms with Gasteiger partial charge < -0.3 is 5.11 Å². The van der Waals surface area contributed by atoms with Crippen LogP contribution in [0.2, 0.25) is 5.02 Å². The first-order valence-corrected chi connectivity index (χ1v) is 9.16. The maximum Gasteiger partial charge on any atom is 0.120 e. The molecule has 0 saturated carbocycles. The molecule has 118 valence electrons. The molecule has 0 radical (unpaired) electrons. The molecule has 1 saturated heterocycles. The van der Waals surface area contributed by atoms with Crippen LogP contribution in [-0.2, 0) is 6.54 Å². The zero-order valence-electron chi connectivity index (χ0n) is 12.9. The van der Waals surface area contributed by atoms with Gasteiger partial charge in [0, 0.05) is 28.0 Å². The largest absolute Gasteiger partial charge is 0.508 e. The fourth-order valence-electron chi connectivity index (χ4n) is 3.28. The third kappa shape index (κ3) is 3.48. The summed E-state index contributed by atoms with van der Waals surface area (Å²) in [6, 6.07) is 7.99. The van der Waals surface area contributed by atoms with Crippen LogP contribution in [-0.4, -0.2) is 16.6 Å². The number of halogens is 1. The molecule has 3 rings (SSSR count). The van der Waals surface area contributed by atoms with Crippen LogP contribution >= 0.6 is 22.9 Å². The second kappa shape index (κ2) is 7.03. The molecule has 1 aliphatic heterocycles. The van der Waals surface area contributed by atoms with Crippen molar-refractivity contribution in [2.75, 3.05) is 6.54 Å². The van der Waals surface area contributed by atoms with Crippen LogP contribution in [0, 0.1) is 6.92 Å². The van der Waals surface area contributed by atoms with Crippen LogP contribution < -0.4 is 0 Å². The molecule has 0 aliphatic carbocycles. The van der Waals surface area contributed by atoms with Crippen molar-refractivity contribution in [3.8, 4) is 5.75 Å². The summed E-state index contributed by atoms with van der Waals surface area (Å²) in [5.74, 6) is 0.343. The molecule has 1 aromatic carbocycles. The lowest BCUT2D eigenvalue weighted by Gasteiger charge is -2.30. The van der Waals surface area contributed by atoms with E-state index >= 15 is 0 Å². The highest BCUT2D eigenvalue weighted by Gasteiger charge is 2.25. The molecule has 0 bridgehead atoms. The first-order chi connectivity index (χ1) is 10.6. The molecular formula is C18H22ClNOS. The molecule has 22 heavy (non-hydrogen) atoms. The molecule has 1 unspecified atom stereocenters. The van der Waals surface area contributed by atoms with Crippen LogP contribution in [0.3, 0.4) is 0 Å². The van der Waals surface area contributed by atoms with E-state index in [4.69, 9.17) is 11.6 Å². The summed E-state index contributed by atoms with van der Waals surface area (Å²) in [7, 11) is 0. The number of thiophene rings is 1. The van der Waals surface area contributed by atoms with Gasteiger partial charge in [-0.05, 0) is 61.5 Å². The van der Waals surface area contributed by atoms with Crippen molar-refractivity contribution in [1.29, 1.82) is 0 Å². The fourth-order valence-corrected chi connectivity index (χ4v) is 4.57. The standard InChI is InChI=1S/C18H22ClNOS/c1-13-8-10-22-18(13)16-5-3-2-4-9-20(16)12-14-11-15(19)6-7-17(14)21/h6-8,10-11,16,21H,2-5,9,12H2,1H3. The van der Waals surface area contributed by atoms with E-state index in [0.29, 0.717) is 16.8 Å². The molecule has 1 N–H and O–H groups in total. The monoisotopic (exact) mass is 335 g/mol. The van der Waals surface area contributed by atoms with Crippen molar-refractivity contribution in [3.05, 3.63) is 50.7 Å². The molecule has 4 heteroatoms. The summed E-state index contributed by atoms with van der Waals surface area (Å²) >= 11 is 7.96. The van der Waals surface area contributed by atoms with E-state index in [1.165, 1.54) is 36.1 Å². The summed E-state index contributed by atoms with van der Waals surface area (Å²) in [6.07, 6.45) is 4.99. The first-order valence-electron chi connectivity index (χ1n) is 7.90. The number of rotatable bonds is 3. The predicted molar refractivity (Wildman–Crippen MR) is 93.8 cm³/mol. The molecule has 0 amide bonds. The quantitative estimate of drug-likeness (QED) is 0.796. The summed E-state index contributed by atoms with van der Waals surface area (Å²) in [5.41, 5.74) is 2.31. The Labute approximate surface area is 141 Å². The number of phenolic OH excluding ortho intramolecular Hbond substituents is 1. The lowest BCUT2D eigenvalue weighted by atomic mass is 10.0. The first kappa shape index (κ1) is 15.9. The lowest BCUT2D eigenvalue weighted by Crippen LogP contribution is -2.28. The van der Waals surface area contributed by atoms with Crippen molar-refractivity contribution in [3.63, 3.8) is 0 Å². The number of hydrogen-bond acceptors (Lipinski definition) is 3. The molecule has 1 atom stereocenters. The van der Waals surface area contributed by atoms with Gasteiger partial charge in [0.25, 0.3) is 0 Å². The zero-order valence-corrected chi connectivity index (χ0v) is 14.5. The van der Waals surface area contributed by atoms with Crippen molar-refractivity contribution in [1.82, 2.24) is 4.90 Å². The van der Waals surface area contributed by atoms with Gasteiger partial charge >= 0.3 is 0 Å². The summed E-state index contributed by atoms with van der Waals surface area (Å²) < 4.78 is 0. The Morgan fingerprint density at radius 2 is 2.14 bits per heavy atom. The number of nitrogens with zero attached hydrogens (tertiary/aromatic N) is 1. The Balaban J connectivity index is 1.88. The molecule has 0 spiro atoms. The van der Waals surface area contributed by atoms with Crippen molar-refractivity contribution in [2.24, 2.45) is 0 Å². The molecule has 1 aromatic heterocycles. The second-order valence-electron chi connectivity index (χ2n) is 6.08. The van der Waals surface area contributed by atoms with Crippen LogP contribution in [0.4, 0.5) is 0 Å². The van der Waals surface area contributed by atoms with Gasteiger partial charge in [0.2, 0.25) is 0 Å². The summed E-state index contributed by atoms with van der Waals surface area (Å²) in [6.45, 7) is 4.04. The third-order valence-corrected chi connectivity index (χ3v) is 5.84. The second-order valence-corrected chi connectivity index (χ2v) is 7.46. The number of hydrogen-bond donors (Lipinski definition) is 1. The Hall–Kier alpha value is -1.03. The number of aromatic hydroxyl groups is 1. The van der Waals surface area contributed by atoms with E-state index in [9.17, 15) is 5.11 Å². The van der Waals surface area contributed by atoms with Gasteiger partial charge in [0.05, 0.1) is 0 Å². The highest BCUT2D eigenvalue weighted by atomic mass is 35.5. The zero-order chi connectivity index (χ0) is 15.5. The Kier molecular flexibility index (Phi) is 5.07. The number of likely N-dealkylation sites (tertiary alicyclic amines) is 1. The van der Waals surface area contributed by atoms with E-state index in [2.05, 4.69) is 23.3 Å². The van der Waals surface area contributed by atoms with E-state index in [1.54, 1.807) is 12.1 Å². The predicted octanol–water partition coefficient (Wildman–Crippen LogP) is 5.53. The highest BCUT2D eigenvalue weighted by Crippen LogP contribution is 2.37. The van der Waals surface area contributed by atoms with Gasteiger partial charge in [-0.2, -0.15) is 0 Å². The number of phenols is 1. The summed E-state index contributed by atoms with van der Waals surface area (Å²) in [5, 5.41) is 13.0. The van der Waals surface area contributed by atoms with Crippen LogP contribution in [0.1, 0.15) is 47.7 Å². The van der Waals surface area contributed by atoms with Gasteiger partial charge in [0.15, 0.2) is 0 Å². The van der Waals surface area contributed by atoms with Gasteiger partial charge in [-0.1, -0.05) is 24.4 Å². The Morgan fingerprint density at radius 1 is 1.27 bits per heavy atom. The average Bonchev–Trinajstić information content (AvgIpc) is 2.78. The Morgan fingerprint density at radius 3 is 2.91 bits per heavy atom. The molecular weight excluding hydrogens is 314 g/mol. The number of aryl methyl sites for hydroxylation is 1. The fraction of sp³-hybridized carbons (Fsp3) is 0.444. The van der Waals surface area contributed by atoms with Crippen molar-refractivity contribution < 1.29 is 5.11 Å². The van der Waals surface area contributed by atoms with E-state index in [0.717, 1.165) is 18.7 Å². The maximum absolute atomic E-state index is 10.1. The van der Waals surface area contributed by atoms with Crippen LogP contribution in [0.15, 0.2) is 29.6 Å². The van der Waals surface area contributed by atoms with E-state index < -0.39 is 0 Å². The minimum atomic E-state index is 0.343. The molecule has 1 aliphatic rings. The average molecular weight is 336 g/mol. The minimum absolute atomic E-state index is 0.343. The number of benzene rings is 1. The minimum Gasteiger partial charge on any atom is -0.508 e. The molecule has 2 heterocycles. The third-order valence-electron chi connectivity index (χ3n) is 4.48. The van der Waals surface area contributed by atoms with Gasteiger partial charge in [-0.15, -0.1) is 11.3 Å². The normalized spacial score (nSPS) is 20.0. The Bertz CT molecular complexity index is 640. The lowest BCUT2D eigenvalue weighted by molar-refractivity contribution is 0.193. The van der Waals surface area contributed by atoms with Gasteiger partial charge in [-0.25, -0.2) is 0 Å². The topological polar surface area (TPSA) is 23.5 Å². The van der Waals surface area contributed by atoms with Crippen molar-refractivity contribution >= 4 is 22.9 Å². The molecule has 1 fully saturated rings. The van der Waals surface area contributed by atoms with E-state index in [1.807, 2.05) is 17.4 Å². The maximum atomic E-state index is 10.1. The van der Waals surface area contributed by atoms with Crippen LogP contribution in [0.25, 0.3) is 0 Å². The van der Waals surface area contributed by atoms with Crippen molar-refractivity contribution in [2.45, 2.75) is 45.2 Å². The van der Waals surface area contributed by atoms with Gasteiger partial charge in [-0.3, -0.25) is 4.90 Å². The van der Waals surface area contributed by atoms with Crippen LogP contribution in [0.5, 0.6) is 5.75 Å².